The van der Waals surface area contributed by atoms with Gasteiger partial charge in [0, 0.05) is 12.6 Å². The number of thioether (sulfide) groups is 1. The van der Waals surface area contributed by atoms with Gasteiger partial charge in [0.15, 0.2) is 0 Å². The highest BCUT2D eigenvalue weighted by molar-refractivity contribution is 7.99. The van der Waals surface area contributed by atoms with Crippen molar-refractivity contribution in [1.82, 2.24) is 9.80 Å². The number of halogens is 3. The minimum Gasteiger partial charge on any atom is -0.368 e. The summed E-state index contributed by atoms with van der Waals surface area (Å²) in [6, 6.07) is 8.93. The summed E-state index contributed by atoms with van der Waals surface area (Å²) in [5, 5.41) is 0. The van der Waals surface area contributed by atoms with E-state index in [1.54, 1.807) is 4.90 Å². The molecule has 1 atom stereocenters. The lowest BCUT2D eigenvalue weighted by Crippen LogP contribution is -2.49. The van der Waals surface area contributed by atoms with Crippen molar-refractivity contribution in [1.29, 1.82) is 0 Å². The fraction of sp³-hybridized carbons (Fsp3) is 0.654. The van der Waals surface area contributed by atoms with Crippen LogP contribution >= 0.6 is 11.8 Å². The van der Waals surface area contributed by atoms with E-state index in [9.17, 15) is 27.6 Å². The van der Waals surface area contributed by atoms with E-state index in [1.807, 2.05) is 30.3 Å². The maximum atomic E-state index is 13.3. The predicted molar refractivity (Wildman–Crippen MR) is 137 cm³/mol. The number of hydrogen-bond donors (Lipinski definition) is 1. The lowest BCUT2D eigenvalue weighted by Gasteiger charge is -2.36. The third kappa shape index (κ3) is 10.1. The van der Waals surface area contributed by atoms with E-state index < -0.39 is 29.7 Å². The molecule has 0 unspecified atom stereocenters. The third-order valence-corrected chi connectivity index (χ3v) is 7.74. The molecule has 0 radical (unpaired) electrons. The van der Waals surface area contributed by atoms with E-state index in [-0.39, 0.29) is 24.5 Å². The van der Waals surface area contributed by atoms with Crippen LogP contribution in [0.5, 0.6) is 0 Å². The SMILES string of the molecule is CC(C)N1CCC(CCN(C(=O)Cc2ccccc2)[C@@H](CCCSCC(=O)C(F)(F)F)C(N)=O)CC1. The van der Waals surface area contributed by atoms with Crippen molar-refractivity contribution in [2.24, 2.45) is 11.7 Å². The minimum atomic E-state index is -4.84. The number of carbonyl (C=O) groups excluding carboxylic acids is 3. The molecule has 0 bridgehead atoms. The topological polar surface area (TPSA) is 83.7 Å². The number of likely N-dealkylation sites (tertiary alicyclic amines) is 1. The van der Waals surface area contributed by atoms with Crippen LogP contribution < -0.4 is 5.73 Å². The van der Waals surface area contributed by atoms with Crippen LogP contribution in [-0.2, 0) is 20.8 Å². The Kier molecular flexibility index (Phi) is 12.2. The van der Waals surface area contributed by atoms with E-state index in [4.69, 9.17) is 5.73 Å². The molecule has 6 nitrogen and oxygen atoms in total. The number of rotatable bonds is 14. The Balaban J connectivity index is 2.00. The molecule has 0 spiro atoms. The third-order valence-electron chi connectivity index (χ3n) is 6.70. The highest BCUT2D eigenvalue weighted by atomic mass is 32.2. The molecule has 1 aliphatic heterocycles. The molecule has 2 amide bonds. The molecule has 1 aliphatic rings. The van der Waals surface area contributed by atoms with Gasteiger partial charge < -0.3 is 15.5 Å². The molecule has 10 heteroatoms. The van der Waals surface area contributed by atoms with E-state index >= 15 is 0 Å². The molecule has 1 fully saturated rings. The Morgan fingerprint density at radius 1 is 1.14 bits per heavy atom. The fourth-order valence-electron chi connectivity index (χ4n) is 4.48. The zero-order valence-corrected chi connectivity index (χ0v) is 22.0. The first kappa shape index (κ1) is 30.2. The number of carbonyl (C=O) groups is 3. The Bertz CT molecular complexity index is 844. The van der Waals surface area contributed by atoms with Crippen LogP contribution in [-0.4, -0.2) is 76.8 Å². The van der Waals surface area contributed by atoms with Crippen molar-refractivity contribution in [2.45, 2.75) is 70.6 Å². The zero-order chi connectivity index (χ0) is 26.7. The lowest BCUT2D eigenvalue weighted by atomic mass is 9.92. The quantitative estimate of drug-likeness (QED) is 0.368. The number of benzene rings is 1. The first-order valence-corrected chi connectivity index (χ1v) is 13.7. The van der Waals surface area contributed by atoms with Crippen molar-refractivity contribution in [3.63, 3.8) is 0 Å². The van der Waals surface area contributed by atoms with Crippen LogP contribution in [0.3, 0.4) is 0 Å². The maximum Gasteiger partial charge on any atom is 0.450 e. The average molecular weight is 530 g/mol. The highest BCUT2D eigenvalue weighted by Gasteiger charge is 2.37. The van der Waals surface area contributed by atoms with Crippen LogP contribution in [0, 0.1) is 5.92 Å². The molecule has 1 aromatic carbocycles. The largest absolute Gasteiger partial charge is 0.450 e. The number of Topliss-reactive ketones (excluding diaryl/α,β-unsaturated/α-hetero) is 1. The molecule has 0 aliphatic carbocycles. The van der Waals surface area contributed by atoms with E-state index in [2.05, 4.69) is 18.7 Å². The van der Waals surface area contributed by atoms with Gasteiger partial charge in [-0.2, -0.15) is 24.9 Å². The van der Waals surface area contributed by atoms with Gasteiger partial charge in [0.05, 0.1) is 12.2 Å². The molecule has 0 aromatic heterocycles. The summed E-state index contributed by atoms with van der Waals surface area (Å²) >= 11 is 0.873. The van der Waals surface area contributed by atoms with Crippen LogP contribution in [0.1, 0.15) is 51.5 Å². The van der Waals surface area contributed by atoms with Crippen molar-refractivity contribution in [3.8, 4) is 0 Å². The molecular formula is C26H38F3N3O3S. The average Bonchev–Trinajstić information content (AvgIpc) is 2.82. The van der Waals surface area contributed by atoms with E-state index in [1.165, 1.54) is 0 Å². The zero-order valence-electron chi connectivity index (χ0n) is 21.1. The highest BCUT2D eigenvalue weighted by Crippen LogP contribution is 2.24. The lowest BCUT2D eigenvalue weighted by molar-refractivity contribution is -0.167. The van der Waals surface area contributed by atoms with Gasteiger partial charge in [0.1, 0.15) is 6.04 Å². The molecule has 1 heterocycles. The van der Waals surface area contributed by atoms with Crippen LogP contribution in [0.25, 0.3) is 0 Å². The molecule has 0 saturated carbocycles. The monoisotopic (exact) mass is 529 g/mol. The Labute approximate surface area is 216 Å². The van der Waals surface area contributed by atoms with Gasteiger partial charge >= 0.3 is 6.18 Å². The van der Waals surface area contributed by atoms with E-state index in [0.717, 1.165) is 49.7 Å². The number of alkyl halides is 3. The van der Waals surface area contributed by atoms with Gasteiger partial charge in [-0.3, -0.25) is 14.4 Å². The van der Waals surface area contributed by atoms with Gasteiger partial charge in [0.25, 0.3) is 0 Å². The van der Waals surface area contributed by atoms with Crippen LogP contribution in [0.4, 0.5) is 13.2 Å². The van der Waals surface area contributed by atoms with Gasteiger partial charge in [-0.1, -0.05) is 30.3 Å². The smallest absolute Gasteiger partial charge is 0.368 e. The predicted octanol–water partition coefficient (Wildman–Crippen LogP) is 4.07. The first-order chi connectivity index (χ1) is 17.0. The number of nitrogens with two attached hydrogens (primary N) is 1. The van der Waals surface area contributed by atoms with Crippen LogP contribution in [0.2, 0.25) is 0 Å². The van der Waals surface area contributed by atoms with Crippen molar-refractivity contribution >= 4 is 29.4 Å². The second-order valence-corrected chi connectivity index (χ2v) is 10.8. The number of ketones is 1. The molecular weight excluding hydrogens is 491 g/mol. The summed E-state index contributed by atoms with van der Waals surface area (Å²) in [5.41, 5.74) is 6.54. The van der Waals surface area contributed by atoms with Gasteiger partial charge in [0.2, 0.25) is 17.6 Å². The normalized spacial score (nSPS) is 16.2. The Morgan fingerprint density at radius 2 is 1.78 bits per heavy atom. The van der Waals surface area contributed by atoms with Crippen molar-refractivity contribution in [3.05, 3.63) is 35.9 Å². The number of piperidine rings is 1. The molecule has 202 valence electrons. The maximum absolute atomic E-state index is 13.3. The van der Waals surface area contributed by atoms with E-state index in [0.29, 0.717) is 24.9 Å². The minimum absolute atomic E-state index is 0.144. The second-order valence-electron chi connectivity index (χ2n) is 9.65. The number of primary amides is 1. The molecule has 36 heavy (non-hydrogen) atoms. The standard InChI is InChI=1S/C26H38F3N3O3S/c1-19(2)31-13-10-20(11-14-31)12-15-32(24(34)17-21-7-4-3-5-8-21)22(25(30)35)9-6-16-36-18-23(33)26(27,28)29/h3-5,7-8,19-20,22H,6,9-18H2,1-2H3,(H2,30,35)/t22-/m0/s1. The van der Waals surface area contributed by atoms with Gasteiger partial charge in [-0.15, -0.1) is 0 Å². The molecule has 1 aromatic rings. The fourth-order valence-corrected chi connectivity index (χ4v) is 5.35. The summed E-state index contributed by atoms with van der Waals surface area (Å²) in [7, 11) is 0. The number of nitrogens with zero attached hydrogens (tertiary/aromatic N) is 2. The first-order valence-electron chi connectivity index (χ1n) is 12.5. The van der Waals surface area contributed by atoms with Crippen LogP contribution in [0.15, 0.2) is 30.3 Å². The molecule has 1 saturated heterocycles. The summed E-state index contributed by atoms with van der Waals surface area (Å²) in [6.07, 6.45) is -1.25. The summed E-state index contributed by atoms with van der Waals surface area (Å²) in [4.78, 5) is 40.7. The van der Waals surface area contributed by atoms with Gasteiger partial charge in [-0.05, 0) is 76.3 Å². The summed E-state index contributed by atoms with van der Waals surface area (Å²) in [5.74, 6) is -2.53. The number of hydrogen-bond acceptors (Lipinski definition) is 5. The Hall–Kier alpha value is -2.07. The van der Waals surface area contributed by atoms with Crippen molar-refractivity contribution < 1.29 is 27.6 Å². The van der Waals surface area contributed by atoms with Crippen molar-refractivity contribution in [2.75, 3.05) is 31.1 Å². The second kappa shape index (κ2) is 14.6. The Morgan fingerprint density at radius 3 is 2.33 bits per heavy atom. The summed E-state index contributed by atoms with van der Waals surface area (Å²) < 4.78 is 37.2. The molecule has 2 rings (SSSR count). The van der Waals surface area contributed by atoms with Gasteiger partial charge in [-0.25, -0.2) is 0 Å². The molecule has 2 N–H and O–H groups in total. The summed E-state index contributed by atoms with van der Waals surface area (Å²) in [6.45, 7) is 6.78. The number of amides is 2.